The molecular formula is C26H31F4N5O2. The lowest BCUT2D eigenvalue weighted by atomic mass is 9.94. The third-order valence-corrected chi connectivity index (χ3v) is 7.33. The summed E-state index contributed by atoms with van der Waals surface area (Å²) in [6.45, 7) is 4.92. The Kier molecular flexibility index (Phi) is 7.01. The molecule has 0 radical (unpaired) electrons. The third-order valence-electron chi connectivity index (χ3n) is 7.33. The summed E-state index contributed by atoms with van der Waals surface area (Å²) >= 11 is 0. The van der Waals surface area contributed by atoms with E-state index in [4.69, 9.17) is 4.74 Å². The van der Waals surface area contributed by atoms with Crippen molar-refractivity contribution >= 4 is 28.8 Å². The van der Waals surface area contributed by atoms with E-state index < -0.39 is 24.5 Å². The first-order valence-electron chi connectivity index (χ1n) is 12.6. The maximum absolute atomic E-state index is 14.1. The lowest BCUT2D eigenvalue weighted by molar-refractivity contribution is -0.149. The number of hydrogen-bond donors (Lipinski definition) is 1. The summed E-state index contributed by atoms with van der Waals surface area (Å²) in [6, 6.07) is 7.33. The molecule has 0 bridgehead atoms. The second-order valence-electron chi connectivity index (χ2n) is 10.2. The van der Waals surface area contributed by atoms with Crippen molar-refractivity contribution in [2.24, 2.45) is 5.92 Å². The minimum absolute atomic E-state index is 0.0594. The summed E-state index contributed by atoms with van der Waals surface area (Å²) in [5.41, 5.74) is 2.78. The van der Waals surface area contributed by atoms with Gasteiger partial charge >= 0.3 is 6.18 Å². The van der Waals surface area contributed by atoms with E-state index in [1.54, 1.807) is 4.90 Å². The molecule has 2 fully saturated rings. The maximum atomic E-state index is 14.1. The van der Waals surface area contributed by atoms with Crippen molar-refractivity contribution in [1.29, 1.82) is 0 Å². The Morgan fingerprint density at radius 2 is 1.95 bits per heavy atom. The number of nitrogens with one attached hydrogen (secondary N) is 1. The highest BCUT2D eigenvalue weighted by atomic mass is 19.4. The molecule has 1 aromatic heterocycles. The van der Waals surface area contributed by atoms with Crippen molar-refractivity contribution < 1.29 is 27.1 Å². The van der Waals surface area contributed by atoms with Gasteiger partial charge in [0.2, 0.25) is 5.91 Å². The molecule has 11 heteroatoms. The number of carbonyl (C=O) groups is 1. The van der Waals surface area contributed by atoms with Crippen molar-refractivity contribution in [1.82, 2.24) is 9.88 Å². The molecule has 3 aliphatic heterocycles. The van der Waals surface area contributed by atoms with Crippen LogP contribution in [0.3, 0.4) is 0 Å². The van der Waals surface area contributed by atoms with Gasteiger partial charge in [-0.15, -0.1) is 0 Å². The van der Waals surface area contributed by atoms with E-state index in [2.05, 4.69) is 22.1 Å². The zero-order valence-electron chi connectivity index (χ0n) is 20.9. The fourth-order valence-electron chi connectivity index (χ4n) is 5.40. The van der Waals surface area contributed by atoms with Crippen molar-refractivity contribution in [3.63, 3.8) is 0 Å². The molecule has 2 aromatic rings. The number of amides is 1. The number of alkyl halides is 3. The molecule has 2 atom stereocenters. The van der Waals surface area contributed by atoms with Gasteiger partial charge in [0, 0.05) is 29.8 Å². The molecule has 0 aliphatic carbocycles. The standard InChI is InChI=1S/C26H31F4N5O2/c1-16-14-37-17(2)12-34(16)21-3-4-22-23(10-21)35(13-19-9-20(27)11-31-24(19)32-22)25(36)18-5-7-33(8-6-18)15-26(28,29)30/h3-4,9-11,16-18H,5-8,12-15H2,1-2H3,(H,31,32)/t16-,17-/m0/s1. The normalized spacial score (nSPS) is 23.2. The molecule has 200 valence electrons. The molecule has 1 amide bonds. The van der Waals surface area contributed by atoms with Gasteiger partial charge in [0.15, 0.2) is 0 Å². The van der Waals surface area contributed by atoms with E-state index in [0.29, 0.717) is 48.7 Å². The highest BCUT2D eigenvalue weighted by molar-refractivity contribution is 6.00. The van der Waals surface area contributed by atoms with Crippen molar-refractivity contribution in [2.45, 2.75) is 51.6 Å². The van der Waals surface area contributed by atoms with Gasteiger partial charge in [0.1, 0.15) is 11.6 Å². The Morgan fingerprint density at radius 3 is 2.68 bits per heavy atom. The van der Waals surface area contributed by atoms with Crippen LogP contribution in [0.25, 0.3) is 0 Å². The number of hydrogen-bond acceptors (Lipinski definition) is 6. The Hall–Kier alpha value is -2.92. The summed E-state index contributed by atoms with van der Waals surface area (Å²) < 4.78 is 58.4. The van der Waals surface area contributed by atoms with Crippen LogP contribution >= 0.6 is 0 Å². The monoisotopic (exact) mass is 521 g/mol. The van der Waals surface area contributed by atoms with E-state index >= 15 is 0 Å². The number of halogens is 4. The first-order valence-corrected chi connectivity index (χ1v) is 12.6. The average molecular weight is 522 g/mol. The van der Waals surface area contributed by atoms with Gasteiger partial charge in [0.05, 0.1) is 43.4 Å². The first-order chi connectivity index (χ1) is 17.6. The van der Waals surface area contributed by atoms with E-state index in [1.165, 1.54) is 11.0 Å². The van der Waals surface area contributed by atoms with Crippen LogP contribution in [0.15, 0.2) is 30.5 Å². The number of benzene rings is 1. The van der Waals surface area contributed by atoms with E-state index in [-0.39, 0.29) is 37.7 Å². The van der Waals surface area contributed by atoms with Crippen molar-refractivity contribution in [3.8, 4) is 0 Å². The predicted octanol–water partition coefficient (Wildman–Crippen LogP) is 4.70. The largest absolute Gasteiger partial charge is 0.401 e. The topological polar surface area (TPSA) is 60.9 Å². The van der Waals surface area contributed by atoms with Gasteiger partial charge < -0.3 is 19.9 Å². The second kappa shape index (κ2) is 10.1. The predicted molar refractivity (Wildman–Crippen MR) is 133 cm³/mol. The number of fused-ring (bicyclic) bond motifs is 2. The first kappa shape index (κ1) is 25.7. The number of pyridine rings is 1. The Labute approximate surface area is 213 Å². The molecule has 0 unspecified atom stereocenters. The van der Waals surface area contributed by atoms with Crippen LogP contribution in [-0.2, 0) is 16.1 Å². The molecule has 1 N–H and O–H groups in total. The SMILES string of the molecule is C[C@H]1CN(c2ccc3c(c2)N(C(=O)C2CCN(CC(F)(F)F)CC2)Cc2cc(F)cnc2N3)[C@@H](C)CO1. The highest BCUT2D eigenvalue weighted by Gasteiger charge is 2.36. The van der Waals surface area contributed by atoms with E-state index in [9.17, 15) is 22.4 Å². The number of likely N-dealkylation sites (tertiary alicyclic amines) is 1. The summed E-state index contributed by atoms with van der Waals surface area (Å²) in [5.74, 6) is -0.631. The van der Waals surface area contributed by atoms with Crippen LogP contribution in [0.1, 0.15) is 32.3 Å². The molecule has 2 saturated heterocycles. The van der Waals surface area contributed by atoms with Crippen LogP contribution in [0.5, 0.6) is 0 Å². The number of morpholine rings is 1. The Bertz CT molecular complexity index is 1150. The molecule has 4 heterocycles. The summed E-state index contributed by atoms with van der Waals surface area (Å²) in [5, 5.41) is 3.25. The second-order valence-corrected chi connectivity index (χ2v) is 10.2. The maximum Gasteiger partial charge on any atom is 0.401 e. The number of aromatic nitrogens is 1. The Morgan fingerprint density at radius 1 is 1.19 bits per heavy atom. The van der Waals surface area contributed by atoms with Crippen LogP contribution in [0, 0.1) is 11.7 Å². The van der Waals surface area contributed by atoms with Gasteiger partial charge in [0.25, 0.3) is 0 Å². The number of nitrogens with zero attached hydrogens (tertiary/aromatic N) is 4. The van der Waals surface area contributed by atoms with Gasteiger partial charge in [-0.25, -0.2) is 9.37 Å². The third kappa shape index (κ3) is 5.67. The summed E-state index contributed by atoms with van der Waals surface area (Å²) in [6.07, 6.45) is -2.41. The van der Waals surface area contributed by atoms with Gasteiger partial charge in [-0.3, -0.25) is 9.69 Å². The summed E-state index contributed by atoms with van der Waals surface area (Å²) in [7, 11) is 0. The smallest absolute Gasteiger partial charge is 0.375 e. The lowest BCUT2D eigenvalue weighted by Crippen LogP contribution is -2.47. The molecule has 0 spiro atoms. The number of ether oxygens (including phenoxy) is 1. The molecule has 1 aromatic carbocycles. The molecule has 37 heavy (non-hydrogen) atoms. The Balaban J connectivity index is 1.45. The van der Waals surface area contributed by atoms with Crippen LogP contribution in [-0.4, -0.2) is 66.9 Å². The minimum Gasteiger partial charge on any atom is -0.375 e. The fourth-order valence-corrected chi connectivity index (χ4v) is 5.40. The van der Waals surface area contributed by atoms with Crippen molar-refractivity contribution in [2.75, 3.05) is 47.9 Å². The van der Waals surface area contributed by atoms with Crippen LogP contribution < -0.4 is 15.1 Å². The number of carbonyl (C=O) groups excluding carboxylic acids is 1. The van der Waals surface area contributed by atoms with E-state index in [0.717, 1.165) is 11.9 Å². The van der Waals surface area contributed by atoms with Crippen molar-refractivity contribution in [3.05, 3.63) is 41.8 Å². The number of piperidine rings is 1. The number of rotatable bonds is 3. The minimum atomic E-state index is -4.27. The van der Waals surface area contributed by atoms with E-state index in [1.807, 2.05) is 25.1 Å². The molecule has 7 nitrogen and oxygen atoms in total. The fraction of sp³-hybridized carbons (Fsp3) is 0.538. The lowest BCUT2D eigenvalue weighted by Gasteiger charge is -2.39. The zero-order chi connectivity index (χ0) is 26.3. The molecular weight excluding hydrogens is 490 g/mol. The highest BCUT2D eigenvalue weighted by Crippen LogP contribution is 2.40. The van der Waals surface area contributed by atoms with Crippen LogP contribution in [0.2, 0.25) is 0 Å². The van der Waals surface area contributed by atoms with Gasteiger partial charge in [-0.05, 0) is 64.0 Å². The van der Waals surface area contributed by atoms with Gasteiger partial charge in [-0.2, -0.15) is 13.2 Å². The number of anilines is 4. The molecule has 3 aliphatic rings. The molecule has 0 saturated carbocycles. The van der Waals surface area contributed by atoms with Gasteiger partial charge in [-0.1, -0.05) is 0 Å². The summed E-state index contributed by atoms with van der Waals surface area (Å²) in [4.78, 5) is 23.3. The average Bonchev–Trinajstić information content (AvgIpc) is 3.00. The quantitative estimate of drug-likeness (QED) is 0.591. The van der Waals surface area contributed by atoms with Crippen LogP contribution in [0.4, 0.5) is 40.4 Å². The zero-order valence-corrected chi connectivity index (χ0v) is 20.9. The molecule has 5 rings (SSSR count).